The molecule has 2 saturated heterocycles. The number of aromatic nitrogens is 1. The fourth-order valence-electron chi connectivity index (χ4n) is 2.97. The molecule has 0 bridgehead atoms. The average molecular weight is 319 g/mol. The molecule has 2 aliphatic heterocycles. The molecule has 0 radical (unpaired) electrons. The van der Waals surface area contributed by atoms with E-state index >= 15 is 0 Å². The van der Waals surface area contributed by atoms with Crippen molar-refractivity contribution in [3.8, 4) is 0 Å². The lowest BCUT2D eigenvalue weighted by Gasteiger charge is -2.36. The molecule has 1 aromatic heterocycles. The normalized spacial score (nSPS) is 21.4. The maximum Gasteiger partial charge on any atom is 0.427 e. The Kier molecular flexibility index (Phi) is 3.81. The summed E-state index contributed by atoms with van der Waals surface area (Å²) in [5.74, 6) is 0.210. The molecule has 1 amide bonds. The zero-order chi connectivity index (χ0) is 15.0. The molecule has 0 saturated carbocycles. The Labute approximate surface area is 124 Å². The minimum Gasteiger partial charge on any atom is -0.348 e. The van der Waals surface area contributed by atoms with Crippen molar-refractivity contribution in [2.45, 2.75) is 37.9 Å². The molecule has 116 valence electrons. The SMILES string of the molecule is O=C1CCCN1C1CCN(c2ncc(C(F)(F)F)s2)CC1. The maximum atomic E-state index is 12.6. The van der Waals surface area contributed by atoms with Crippen LogP contribution in [0.2, 0.25) is 0 Å². The van der Waals surface area contributed by atoms with Crippen LogP contribution in [0.3, 0.4) is 0 Å². The minimum absolute atomic E-state index is 0.210. The summed E-state index contributed by atoms with van der Waals surface area (Å²) in [4.78, 5) is 18.8. The second kappa shape index (κ2) is 5.47. The highest BCUT2D eigenvalue weighted by Gasteiger charge is 2.35. The molecule has 0 N–H and O–H groups in total. The number of carbonyl (C=O) groups excluding carboxylic acids is 1. The van der Waals surface area contributed by atoms with Gasteiger partial charge in [-0.1, -0.05) is 11.3 Å². The van der Waals surface area contributed by atoms with Gasteiger partial charge in [0, 0.05) is 32.1 Å². The zero-order valence-corrected chi connectivity index (χ0v) is 12.2. The molecule has 0 unspecified atom stereocenters. The molecule has 3 heterocycles. The number of likely N-dealkylation sites (tertiary alicyclic amines) is 1. The summed E-state index contributed by atoms with van der Waals surface area (Å²) in [6.07, 6.45) is -0.284. The van der Waals surface area contributed by atoms with Gasteiger partial charge in [-0.2, -0.15) is 13.2 Å². The summed E-state index contributed by atoms with van der Waals surface area (Å²) in [6.45, 7) is 2.12. The molecule has 4 nitrogen and oxygen atoms in total. The van der Waals surface area contributed by atoms with Gasteiger partial charge >= 0.3 is 6.18 Å². The van der Waals surface area contributed by atoms with Gasteiger partial charge in [0.1, 0.15) is 4.88 Å². The smallest absolute Gasteiger partial charge is 0.348 e. The van der Waals surface area contributed by atoms with Gasteiger partial charge in [0.15, 0.2) is 5.13 Å². The number of anilines is 1. The summed E-state index contributed by atoms with van der Waals surface area (Å²) in [5, 5.41) is 0.425. The third-order valence-electron chi connectivity index (χ3n) is 4.06. The molecular weight excluding hydrogens is 303 g/mol. The van der Waals surface area contributed by atoms with Crippen LogP contribution in [-0.2, 0) is 11.0 Å². The Hall–Kier alpha value is -1.31. The second-order valence-corrected chi connectivity index (χ2v) is 6.42. The highest BCUT2D eigenvalue weighted by atomic mass is 32.1. The number of rotatable bonds is 2. The lowest BCUT2D eigenvalue weighted by atomic mass is 10.0. The molecule has 0 atom stereocenters. The molecule has 1 aromatic rings. The fraction of sp³-hybridized carbons (Fsp3) is 0.692. The summed E-state index contributed by atoms with van der Waals surface area (Å²) < 4.78 is 37.8. The number of amides is 1. The van der Waals surface area contributed by atoms with E-state index in [0.717, 1.165) is 32.0 Å². The van der Waals surface area contributed by atoms with Crippen molar-refractivity contribution in [1.29, 1.82) is 0 Å². The second-order valence-electron chi connectivity index (χ2n) is 5.41. The van der Waals surface area contributed by atoms with E-state index in [1.165, 1.54) is 0 Å². The first kappa shape index (κ1) is 14.6. The molecule has 3 rings (SSSR count). The Morgan fingerprint density at radius 2 is 1.95 bits per heavy atom. The fourth-order valence-corrected chi connectivity index (χ4v) is 3.80. The maximum absolute atomic E-state index is 12.6. The molecule has 2 aliphatic rings. The van der Waals surface area contributed by atoms with E-state index in [9.17, 15) is 18.0 Å². The van der Waals surface area contributed by atoms with Gasteiger partial charge in [-0.05, 0) is 19.3 Å². The van der Waals surface area contributed by atoms with Crippen molar-refractivity contribution in [1.82, 2.24) is 9.88 Å². The Balaban J connectivity index is 1.61. The Morgan fingerprint density at radius 1 is 1.24 bits per heavy atom. The summed E-state index contributed by atoms with van der Waals surface area (Å²) in [7, 11) is 0. The number of carbonyl (C=O) groups is 1. The highest BCUT2D eigenvalue weighted by molar-refractivity contribution is 7.15. The van der Waals surface area contributed by atoms with E-state index in [1.807, 2.05) is 9.80 Å². The molecule has 21 heavy (non-hydrogen) atoms. The number of hydrogen-bond acceptors (Lipinski definition) is 4. The van der Waals surface area contributed by atoms with E-state index in [4.69, 9.17) is 0 Å². The predicted octanol–water partition coefficient (Wildman–Crippen LogP) is 2.75. The molecule has 0 spiro atoms. The highest BCUT2D eigenvalue weighted by Crippen LogP contribution is 2.37. The summed E-state index contributed by atoms with van der Waals surface area (Å²) in [5.41, 5.74) is 0. The van der Waals surface area contributed by atoms with Gasteiger partial charge in [-0.15, -0.1) is 0 Å². The number of hydrogen-bond donors (Lipinski definition) is 0. The Bertz CT molecular complexity index is 523. The first-order valence-corrected chi connectivity index (χ1v) is 7.84. The van der Waals surface area contributed by atoms with E-state index in [2.05, 4.69) is 4.98 Å². The monoisotopic (exact) mass is 319 g/mol. The molecule has 8 heteroatoms. The van der Waals surface area contributed by atoms with Crippen LogP contribution in [0.15, 0.2) is 6.20 Å². The topological polar surface area (TPSA) is 36.4 Å². The van der Waals surface area contributed by atoms with Crippen LogP contribution in [0.4, 0.5) is 18.3 Å². The van der Waals surface area contributed by atoms with E-state index in [1.54, 1.807) is 0 Å². The first-order valence-electron chi connectivity index (χ1n) is 7.02. The quantitative estimate of drug-likeness (QED) is 0.841. The largest absolute Gasteiger partial charge is 0.427 e. The van der Waals surface area contributed by atoms with E-state index in [-0.39, 0.29) is 11.9 Å². The lowest BCUT2D eigenvalue weighted by molar-refractivity contribution is -0.134. The summed E-state index contributed by atoms with van der Waals surface area (Å²) >= 11 is 0.690. The van der Waals surface area contributed by atoms with Gasteiger partial charge < -0.3 is 9.80 Å². The van der Waals surface area contributed by atoms with Gasteiger partial charge in [0.25, 0.3) is 0 Å². The third kappa shape index (κ3) is 3.00. The number of nitrogens with zero attached hydrogens (tertiary/aromatic N) is 3. The van der Waals surface area contributed by atoms with Gasteiger partial charge in [0.2, 0.25) is 5.91 Å². The van der Waals surface area contributed by atoms with Crippen LogP contribution < -0.4 is 4.90 Å². The Morgan fingerprint density at radius 3 is 2.48 bits per heavy atom. The van der Waals surface area contributed by atoms with Crippen molar-refractivity contribution in [3.63, 3.8) is 0 Å². The predicted molar refractivity (Wildman–Crippen MR) is 73.3 cm³/mol. The molecule has 2 fully saturated rings. The molecule has 0 aromatic carbocycles. The number of thiazole rings is 1. The standard InChI is InChI=1S/C13H16F3N3OS/c14-13(15,16)10-8-17-12(21-10)18-6-3-9(4-7-18)19-5-1-2-11(19)20/h8-9H,1-7H2. The lowest BCUT2D eigenvalue weighted by Crippen LogP contribution is -2.45. The van der Waals surface area contributed by atoms with Crippen molar-refractivity contribution in [3.05, 3.63) is 11.1 Å². The van der Waals surface area contributed by atoms with Crippen molar-refractivity contribution < 1.29 is 18.0 Å². The van der Waals surface area contributed by atoms with Gasteiger partial charge in [0.05, 0.1) is 6.20 Å². The van der Waals surface area contributed by atoms with E-state index < -0.39 is 11.1 Å². The van der Waals surface area contributed by atoms with Crippen LogP contribution in [0.5, 0.6) is 0 Å². The van der Waals surface area contributed by atoms with Crippen LogP contribution in [0.1, 0.15) is 30.6 Å². The minimum atomic E-state index is -4.32. The first-order chi connectivity index (χ1) is 9.95. The van der Waals surface area contributed by atoms with E-state index in [0.29, 0.717) is 36.0 Å². The number of piperidine rings is 1. The average Bonchev–Trinajstić information content (AvgIpc) is 3.07. The van der Waals surface area contributed by atoms with Crippen LogP contribution in [-0.4, -0.2) is 41.5 Å². The number of alkyl halides is 3. The number of halogens is 3. The van der Waals surface area contributed by atoms with Crippen LogP contribution in [0.25, 0.3) is 0 Å². The molecule has 0 aliphatic carbocycles. The van der Waals surface area contributed by atoms with Crippen molar-refractivity contribution in [2.75, 3.05) is 24.5 Å². The zero-order valence-electron chi connectivity index (χ0n) is 11.4. The van der Waals surface area contributed by atoms with Crippen LogP contribution in [0, 0.1) is 0 Å². The molecular formula is C13H16F3N3OS. The third-order valence-corrected chi connectivity index (χ3v) is 5.16. The summed E-state index contributed by atoms with van der Waals surface area (Å²) in [6, 6.07) is 0.235. The van der Waals surface area contributed by atoms with Gasteiger partial charge in [-0.25, -0.2) is 4.98 Å². The van der Waals surface area contributed by atoms with Crippen LogP contribution >= 0.6 is 11.3 Å². The van der Waals surface area contributed by atoms with Crippen molar-refractivity contribution >= 4 is 22.4 Å². The van der Waals surface area contributed by atoms with Gasteiger partial charge in [-0.3, -0.25) is 4.79 Å². The van der Waals surface area contributed by atoms with Crippen molar-refractivity contribution in [2.24, 2.45) is 0 Å².